The first kappa shape index (κ1) is 15.6. The molecule has 0 radical (unpaired) electrons. The van der Waals surface area contributed by atoms with Gasteiger partial charge < -0.3 is 0 Å². The van der Waals surface area contributed by atoms with E-state index in [0.29, 0.717) is 11.0 Å². The molecular weight excluding hydrogens is 408 g/mol. The molecule has 1 aromatic heterocycles. The van der Waals surface area contributed by atoms with Crippen LogP contribution in [0.4, 0.5) is 0 Å². The molecule has 1 aromatic carbocycles. The molecule has 0 aliphatic carbocycles. The third-order valence-electron chi connectivity index (χ3n) is 2.74. The van der Waals surface area contributed by atoms with Crippen LogP contribution in [-0.2, 0) is 16.6 Å². The molecule has 0 saturated heterocycles. The van der Waals surface area contributed by atoms with Crippen molar-refractivity contribution in [2.75, 3.05) is 7.05 Å². The first-order valence-electron chi connectivity index (χ1n) is 5.71. The number of nitrogens with zero attached hydrogens (tertiary/aromatic N) is 2. The van der Waals surface area contributed by atoms with Crippen molar-refractivity contribution in [2.45, 2.75) is 11.4 Å². The minimum absolute atomic E-state index is 0.239. The van der Waals surface area contributed by atoms with Gasteiger partial charge in [0.2, 0.25) is 10.0 Å². The van der Waals surface area contributed by atoms with Gasteiger partial charge in [0.1, 0.15) is 0 Å². The summed E-state index contributed by atoms with van der Waals surface area (Å²) >= 11 is 6.58. The van der Waals surface area contributed by atoms with Crippen LogP contribution in [0.1, 0.15) is 5.56 Å². The van der Waals surface area contributed by atoms with Crippen molar-refractivity contribution >= 4 is 41.9 Å². The van der Waals surface area contributed by atoms with E-state index in [4.69, 9.17) is 0 Å². The van der Waals surface area contributed by atoms with Crippen molar-refractivity contribution in [3.63, 3.8) is 0 Å². The quantitative estimate of drug-likeness (QED) is 0.762. The Morgan fingerprint density at radius 1 is 1.15 bits per heavy atom. The van der Waals surface area contributed by atoms with Crippen LogP contribution in [0.15, 0.2) is 56.6 Å². The highest BCUT2D eigenvalue weighted by molar-refractivity contribution is 9.11. The van der Waals surface area contributed by atoms with Gasteiger partial charge in [0.25, 0.3) is 0 Å². The lowest BCUT2D eigenvalue weighted by atomic mass is 10.3. The van der Waals surface area contributed by atoms with Crippen LogP contribution in [0.5, 0.6) is 0 Å². The fourth-order valence-corrected chi connectivity index (χ4v) is 4.29. The minimum Gasteiger partial charge on any atom is -0.265 e. The molecule has 0 fully saturated rings. The molecule has 0 spiro atoms. The Hall–Kier alpha value is -0.760. The first-order chi connectivity index (χ1) is 9.41. The lowest BCUT2D eigenvalue weighted by molar-refractivity contribution is 0.466. The summed E-state index contributed by atoms with van der Waals surface area (Å²) in [5.74, 6) is 0. The average molecular weight is 420 g/mol. The Balaban J connectivity index is 2.32. The highest BCUT2D eigenvalue weighted by Crippen LogP contribution is 2.28. The molecule has 0 saturated carbocycles. The van der Waals surface area contributed by atoms with Crippen LogP contribution in [0.2, 0.25) is 0 Å². The van der Waals surface area contributed by atoms with Crippen molar-refractivity contribution in [1.82, 2.24) is 9.29 Å². The molecule has 0 atom stereocenters. The first-order valence-corrected chi connectivity index (χ1v) is 8.74. The summed E-state index contributed by atoms with van der Waals surface area (Å²) in [6, 6.07) is 8.66. The highest BCUT2D eigenvalue weighted by atomic mass is 79.9. The van der Waals surface area contributed by atoms with Crippen molar-refractivity contribution in [2.24, 2.45) is 0 Å². The van der Waals surface area contributed by atoms with Gasteiger partial charge in [0.15, 0.2) is 0 Å². The average Bonchev–Trinajstić information content (AvgIpc) is 2.42. The molecule has 0 bridgehead atoms. The van der Waals surface area contributed by atoms with E-state index in [0.717, 1.165) is 10.0 Å². The molecular formula is C13H12Br2N2O2S. The van der Waals surface area contributed by atoms with E-state index >= 15 is 0 Å². The predicted molar refractivity (Wildman–Crippen MR) is 84.7 cm³/mol. The smallest absolute Gasteiger partial charge is 0.244 e. The van der Waals surface area contributed by atoms with E-state index in [1.165, 1.54) is 4.31 Å². The zero-order chi connectivity index (χ0) is 14.8. The van der Waals surface area contributed by atoms with E-state index in [2.05, 4.69) is 36.8 Å². The highest BCUT2D eigenvalue weighted by Gasteiger charge is 2.23. The van der Waals surface area contributed by atoms with Crippen molar-refractivity contribution in [3.8, 4) is 0 Å². The van der Waals surface area contributed by atoms with Crippen LogP contribution >= 0.6 is 31.9 Å². The van der Waals surface area contributed by atoms with Gasteiger partial charge in [-0.1, -0.05) is 15.9 Å². The summed E-state index contributed by atoms with van der Waals surface area (Å²) in [7, 11) is -2.00. The molecule has 0 N–H and O–H groups in total. The third kappa shape index (κ3) is 3.46. The Kier molecular flexibility index (Phi) is 4.95. The Morgan fingerprint density at radius 3 is 2.45 bits per heavy atom. The van der Waals surface area contributed by atoms with Crippen molar-refractivity contribution in [3.05, 3.63) is 57.2 Å². The standard InChI is InChI=1S/C13H12Br2N2O2S/c1-17(9-10-4-6-16-7-5-10)20(18,19)13-8-11(14)2-3-12(13)15/h2-8H,9H2,1H3. The molecule has 0 aliphatic heterocycles. The number of benzene rings is 1. The maximum atomic E-state index is 12.6. The number of rotatable bonds is 4. The molecule has 0 amide bonds. The predicted octanol–water partition coefficient (Wildman–Crippen LogP) is 3.43. The zero-order valence-corrected chi connectivity index (χ0v) is 14.6. The Labute approximate surface area is 135 Å². The van der Waals surface area contributed by atoms with Crippen molar-refractivity contribution in [1.29, 1.82) is 0 Å². The van der Waals surface area contributed by atoms with Gasteiger partial charge in [-0.3, -0.25) is 4.98 Å². The lowest BCUT2D eigenvalue weighted by Gasteiger charge is -2.18. The fraction of sp³-hybridized carbons (Fsp3) is 0.154. The number of pyridine rings is 1. The SMILES string of the molecule is CN(Cc1ccncc1)S(=O)(=O)c1cc(Br)ccc1Br. The summed E-state index contributed by atoms with van der Waals surface area (Å²) in [6.07, 6.45) is 3.29. The second-order valence-corrected chi connectivity index (χ2v) is 7.97. The number of hydrogen-bond acceptors (Lipinski definition) is 3. The zero-order valence-electron chi connectivity index (χ0n) is 10.6. The van der Waals surface area contributed by atoms with Crippen LogP contribution < -0.4 is 0 Å². The monoisotopic (exact) mass is 418 g/mol. The van der Waals surface area contributed by atoms with E-state index in [1.54, 1.807) is 49.8 Å². The van der Waals surface area contributed by atoms with Crippen LogP contribution in [0.3, 0.4) is 0 Å². The summed E-state index contributed by atoms with van der Waals surface area (Å²) in [4.78, 5) is 4.16. The molecule has 0 unspecified atom stereocenters. The molecule has 1 heterocycles. The van der Waals surface area contributed by atoms with Gasteiger partial charge in [0.05, 0.1) is 4.90 Å². The van der Waals surface area contributed by atoms with Gasteiger partial charge in [-0.2, -0.15) is 4.31 Å². The van der Waals surface area contributed by atoms with Crippen LogP contribution in [-0.4, -0.2) is 24.8 Å². The summed E-state index contributed by atoms with van der Waals surface area (Å²) in [6.45, 7) is 0.295. The van der Waals surface area contributed by atoms with Crippen LogP contribution in [0.25, 0.3) is 0 Å². The summed E-state index contributed by atoms with van der Waals surface area (Å²) in [5.41, 5.74) is 0.886. The summed E-state index contributed by atoms with van der Waals surface area (Å²) in [5, 5.41) is 0. The maximum Gasteiger partial charge on any atom is 0.244 e. The van der Waals surface area contributed by atoms with Crippen LogP contribution in [0, 0.1) is 0 Å². The second kappa shape index (κ2) is 6.34. The maximum absolute atomic E-state index is 12.6. The Morgan fingerprint density at radius 2 is 1.80 bits per heavy atom. The molecule has 2 aromatic rings. The summed E-state index contributed by atoms with van der Waals surface area (Å²) < 4.78 is 27.7. The molecule has 4 nitrogen and oxygen atoms in total. The molecule has 20 heavy (non-hydrogen) atoms. The van der Waals surface area contributed by atoms with E-state index in [-0.39, 0.29) is 4.90 Å². The molecule has 106 valence electrons. The van der Waals surface area contributed by atoms with Gasteiger partial charge in [0, 0.05) is 34.9 Å². The minimum atomic E-state index is -3.55. The fourth-order valence-electron chi connectivity index (χ4n) is 1.67. The van der Waals surface area contributed by atoms with E-state index in [9.17, 15) is 8.42 Å². The largest absolute Gasteiger partial charge is 0.265 e. The van der Waals surface area contributed by atoms with Crippen molar-refractivity contribution < 1.29 is 8.42 Å². The topological polar surface area (TPSA) is 50.3 Å². The lowest BCUT2D eigenvalue weighted by Crippen LogP contribution is -2.26. The van der Waals surface area contributed by atoms with Gasteiger partial charge >= 0.3 is 0 Å². The van der Waals surface area contributed by atoms with Gasteiger partial charge in [-0.05, 0) is 51.8 Å². The van der Waals surface area contributed by atoms with E-state index in [1.807, 2.05) is 0 Å². The number of halogens is 2. The van der Waals surface area contributed by atoms with E-state index < -0.39 is 10.0 Å². The number of hydrogen-bond donors (Lipinski definition) is 0. The molecule has 2 rings (SSSR count). The number of sulfonamides is 1. The number of aromatic nitrogens is 1. The van der Waals surface area contributed by atoms with Gasteiger partial charge in [-0.25, -0.2) is 8.42 Å². The molecule has 0 aliphatic rings. The normalized spacial score (nSPS) is 11.8. The second-order valence-electron chi connectivity index (χ2n) is 4.19. The van der Waals surface area contributed by atoms with Gasteiger partial charge in [-0.15, -0.1) is 0 Å². The molecule has 7 heteroatoms. The third-order valence-corrected chi connectivity index (χ3v) is 6.03. The Bertz CT molecular complexity index is 706.